The molecule has 1 aliphatic heterocycles. The van der Waals surface area contributed by atoms with Crippen molar-refractivity contribution in [2.45, 2.75) is 20.8 Å². The quantitative estimate of drug-likeness (QED) is 0.902. The minimum Gasteiger partial charge on any atom is -0.338 e. The molecule has 1 N–H and O–H groups in total. The summed E-state index contributed by atoms with van der Waals surface area (Å²) in [5.74, 6) is 0.0531. The van der Waals surface area contributed by atoms with Gasteiger partial charge in [0.2, 0.25) is 0 Å². The SMILES string of the molecule is CCNC(=O)N1CCN(C(=O)c2cc(C)cc(C)c2)CC1. The lowest BCUT2D eigenvalue weighted by Gasteiger charge is -2.34. The molecular weight excluding hydrogens is 266 g/mol. The molecule has 0 atom stereocenters. The molecule has 1 heterocycles. The van der Waals surface area contributed by atoms with E-state index >= 15 is 0 Å². The van der Waals surface area contributed by atoms with Gasteiger partial charge < -0.3 is 15.1 Å². The van der Waals surface area contributed by atoms with Crippen molar-refractivity contribution in [3.63, 3.8) is 0 Å². The highest BCUT2D eigenvalue weighted by Crippen LogP contribution is 2.13. The first kappa shape index (κ1) is 15.4. The number of carbonyl (C=O) groups is 2. The normalized spacial score (nSPS) is 15.0. The first-order valence-corrected chi connectivity index (χ1v) is 7.41. The summed E-state index contributed by atoms with van der Waals surface area (Å²) in [4.78, 5) is 27.8. The van der Waals surface area contributed by atoms with Crippen LogP contribution in [0.15, 0.2) is 18.2 Å². The molecule has 1 aromatic carbocycles. The molecule has 0 bridgehead atoms. The summed E-state index contributed by atoms with van der Waals surface area (Å²) in [6.45, 7) is 8.86. The van der Waals surface area contributed by atoms with Crippen LogP contribution in [0.3, 0.4) is 0 Å². The Labute approximate surface area is 125 Å². The van der Waals surface area contributed by atoms with Gasteiger partial charge in [-0.15, -0.1) is 0 Å². The van der Waals surface area contributed by atoms with Gasteiger partial charge in [0.15, 0.2) is 0 Å². The predicted molar refractivity (Wildman–Crippen MR) is 82.5 cm³/mol. The zero-order valence-corrected chi connectivity index (χ0v) is 13.0. The smallest absolute Gasteiger partial charge is 0.317 e. The summed E-state index contributed by atoms with van der Waals surface area (Å²) >= 11 is 0. The van der Waals surface area contributed by atoms with Crippen LogP contribution in [0.2, 0.25) is 0 Å². The van der Waals surface area contributed by atoms with Crippen molar-refractivity contribution in [2.24, 2.45) is 0 Å². The van der Waals surface area contributed by atoms with Gasteiger partial charge in [-0.2, -0.15) is 0 Å². The Morgan fingerprint density at radius 1 is 1.00 bits per heavy atom. The summed E-state index contributed by atoms with van der Waals surface area (Å²) in [6.07, 6.45) is 0. The maximum Gasteiger partial charge on any atom is 0.317 e. The van der Waals surface area contributed by atoms with Gasteiger partial charge in [0.25, 0.3) is 5.91 Å². The third-order valence-corrected chi connectivity index (χ3v) is 3.65. The number of urea groups is 1. The summed E-state index contributed by atoms with van der Waals surface area (Å²) < 4.78 is 0. The van der Waals surface area contributed by atoms with E-state index in [0.717, 1.165) is 16.7 Å². The van der Waals surface area contributed by atoms with Crippen molar-refractivity contribution in [2.75, 3.05) is 32.7 Å². The van der Waals surface area contributed by atoms with Gasteiger partial charge in [0.05, 0.1) is 0 Å². The highest BCUT2D eigenvalue weighted by molar-refractivity contribution is 5.94. The molecule has 0 spiro atoms. The Morgan fingerprint density at radius 3 is 2.05 bits per heavy atom. The molecule has 0 aromatic heterocycles. The van der Waals surface area contributed by atoms with Crippen LogP contribution in [0.25, 0.3) is 0 Å². The Hall–Kier alpha value is -2.04. The minimum atomic E-state index is -0.0454. The molecule has 1 saturated heterocycles. The summed E-state index contributed by atoms with van der Waals surface area (Å²) in [5.41, 5.74) is 2.93. The number of hydrogen-bond acceptors (Lipinski definition) is 2. The van der Waals surface area contributed by atoms with Crippen LogP contribution in [0.4, 0.5) is 4.79 Å². The topological polar surface area (TPSA) is 52.7 Å². The number of carbonyl (C=O) groups excluding carboxylic acids is 2. The number of nitrogens with zero attached hydrogens (tertiary/aromatic N) is 2. The van der Waals surface area contributed by atoms with E-state index in [9.17, 15) is 9.59 Å². The Morgan fingerprint density at radius 2 is 1.52 bits per heavy atom. The second-order valence-electron chi connectivity index (χ2n) is 5.49. The number of benzene rings is 1. The van der Waals surface area contributed by atoms with Crippen molar-refractivity contribution in [3.8, 4) is 0 Å². The lowest BCUT2D eigenvalue weighted by molar-refractivity contribution is 0.0665. The molecule has 5 nitrogen and oxygen atoms in total. The maximum absolute atomic E-state index is 12.5. The Balaban J connectivity index is 1.98. The number of rotatable bonds is 2. The molecule has 0 aliphatic carbocycles. The Kier molecular flexibility index (Phi) is 4.83. The number of nitrogens with one attached hydrogen (secondary N) is 1. The monoisotopic (exact) mass is 289 g/mol. The van der Waals surface area contributed by atoms with Crippen molar-refractivity contribution >= 4 is 11.9 Å². The van der Waals surface area contributed by atoms with Gasteiger partial charge in [-0.05, 0) is 32.9 Å². The average molecular weight is 289 g/mol. The standard InChI is InChI=1S/C16H23N3O2/c1-4-17-16(21)19-7-5-18(6-8-19)15(20)14-10-12(2)9-13(3)11-14/h9-11H,4-8H2,1-3H3,(H,17,21). The number of aryl methyl sites for hydroxylation is 2. The third kappa shape index (κ3) is 3.74. The fourth-order valence-electron chi connectivity index (χ4n) is 2.66. The second kappa shape index (κ2) is 6.61. The molecule has 3 amide bonds. The van der Waals surface area contributed by atoms with Crippen LogP contribution >= 0.6 is 0 Å². The number of piperazine rings is 1. The zero-order chi connectivity index (χ0) is 15.4. The van der Waals surface area contributed by atoms with Gasteiger partial charge in [-0.25, -0.2) is 4.79 Å². The van der Waals surface area contributed by atoms with Crippen molar-refractivity contribution in [1.29, 1.82) is 0 Å². The van der Waals surface area contributed by atoms with E-state index in [2.05, 4.69) is 11.4 Å². The van der Waals surface area contributed by atoms with E-state index in [4.69, 9.17) is 0 Å². The molecular formula is C16H23N3O2. The van der Waals surface area contributed by atoms with E-state index < -0.39 is 0 Å². The maximum atomic E-state index is 12.5. The summed E-state index contributed by atoms with van der Waals surface area (Å²) in [6, 6.07) is 5.86. The van der Waals surface area contributed by atoms with Gasteiger partial charge in [-0.3, -0.25) is 4.79 Å². The molecule has 114 valence electrons. The lowest BCUT2D eigenvalue weighted by Crippen LogP contribution is -2.53. The van der Waals surface area contributed by atoms with E-state index in [1.54, 1.807) is 4.90 Å². The van der Waals surface area contributed by atoms with E-state index in [0.29, 0.717) is 32.7 Å². The second-order valence-corrected chi connectivity index (χ2v) is 5.49. The van der Waals surface area contributed by atoms with E-state index in [1.165, 1.54) is 0 Å². The average Bonchev–Trinajstić information content (AvgIpc) is 2.46. The molecule has 0 saturated carbocycles. The first-order valence-electron chi connectivity index (χ1n) is 7.41. The van der Waals surface area contributed by atoms with Crippen molar-refractivity contribution in [3.05, 3.63) is 34.9 Å². The largest absolute Gasteiger partial charge is 0.338 e. The first-order chi connectivity index (χ1) is 10.0. The van der Waals surface area contributed by atoms with Gasteiger partial charge in [0.1, 0.15) is 0 Å². The third-order valence-electron chi connectivity index (χ3n) is 3.65. The minimum absolute atomic E-state index is 0.0454. The highest BCUT2D eigenvalue weighted by atomic mass is 16.2. The van der Waals surface area contributed by atoms with E-state index in [-0.39, 0.29) is 11.9 Å². The summed E-state index contributed by atoms with van der Waals surface area (Å²) in [7, 11) is 0. The van der Waals surface area contributed by atoms with Crippen LogP contribution in [-0.4, -0.2) is 54.5 Å². The van der Waals surface area contributed by atoms with E-state index in [1.807, 2.05) is 37.8 Å². The zero-order valence-electron chi connectivity index (χ0n) is 13.0. The highest BCUT2D eigenvalue weighted by Gasteiger charge is 2.24. The molecule has 21 heavy (non-hydrogen) atoms. The van der Waals surface area contributed by atoms with Crippen molar-refractivity contribution in [1.82, 2.24) is 15.1 Å². The van der Waals surface area contributed by atoms with Crippen molar-refractivity contribution < 1.29 is 9.59 Å². The van der Waals surface area contributed by atoms with Gasteiger partial charge in [-0.1, -0.05) is 17.2 Å². The van der Waals surface area contributed by atoms with Gasteiger partial charge >= 0.3 is 6.03 Å². The molecule has 5 heteroatoms. The van der Waals surface area contributed by atoms with Gasteiger partial charge in [0, 0.05) is 38.3 Å². The van der Waals surface area contributed by atoms with Crippen LogP contribution in [0.1, 0.15) is 28.4 Å². The van der Waals surface area contributed by atoms with Crippen LogP contribution < -0.4 is 5.32 Å². The fraction of sp³-hybridized carbons (Fsp3) is 0.500. The van der Waals surface area contributed by atoms with Crippen LogP contribution in [-0.2, 0) is 0 Å². The molecule has 1 aliphatic rings. The molecule has 2 rings (SSSR count). The van der Waals surface area contributed by atoms with Crippen LogP contribution in [0.5, 0.6) is 0 Å². The predicted octanol–water partition coefficient (Wildman–Crippen LogP) is 1.79. The summed E-state index contributed by atoms with van der Waals surface area (Å²) in [5, 5.41) is 2.79. The lowest BCUT2D eigenvalue weighted by atomic mass is 10.1. The fourth-order valence-corrected chi connectivity index (χ4v) is 2.66. The number of amides is 3. The van der Waals surface area contributed by atoms with Crippen LogP contribution in [0, 0.1) is 13.8 Å². The molecule has 1 aromatic rings. The Bertz CT molecular complexity index is 514. The molecule has 0 unspecified atom stereocenters. The molecule has 0 radical (unpaired) electrons. The number of hydrogen-bond donors (Lipinski definition) is 1. The molecule has 1 fully saturated rings.